The van der Waals surface area contributed by atoms with E-state index >= 15 is 0 Å². The fourth-order valence-electron chi connectivity index (χ4n) is 2.82. The molecule has 0 saturated heterocycles. The van der Waals surface area contributed by atoms with Gasteiger partial charge < -0.3 is 4.98 Å². The molecule has 0 aliphatic carbocycles. The van der Waals surface area contributed by atoms with Gasteiger partial charge in [0.05, 0.1) is 17.2 Å². The second-order valence-electron chi connectivity index (χ2n) is 6.14. The molecule has 2 aromatic carbocycles. The summed E-state index contributed by atoms with van der Waals surface area (Å²) in [5.41, 5.74) is 5.73. The van der Waals surface area contributed by atoms with Crippen molar-refractivity contribution in [1.82, 2.24) is 20.2 Å². The lowest BCUT2D eigenvalue weighted by Crippen LogP contribution is -2.19. The molecule has 0 radical (unpaired) electrons. The van der Waals surface area contributed by atoms with Gasteiger partial charge in [0, 0.05) is 33.9 Å². The van der Waals surface area contributed by atoms with Gasteiger partial charge in [-0.15, -0.1) is 0 Å². The van der Waals surface area contributed by atoms with Crippen molar-refractivity contribution in [2.24, 2.45) is 5.10 Å². The van der Waals surface area contributed by atoms with E-state index in [9.17, 15) is 4.79 Å². The van der Waals surface area contributed by atoms with Crippen molar-refractivity contribution in [3.05, 3.63) is 87.2 Å². The fraction of sp³-hybridized carbons (Fsp3) is 0.0500. The number of hydrazone groups is 1. The van der Waals surface area contributed by atoms with Crippen LogP contribution in [0.3, 0.4) is 0 Å². The van der Waals surface area contributed by atoms with Gasteiger partial charge in [-0.25, -0.2) is 5.43 Å². The van der Waals surface area contributed by atoms with E-state index in [0.717, 1.165) is 22.0 Å². The molecule has 2 heterocycles. The number of H-pyrrole nitrogens is 1. The molecular weight excluding hydrogens is 442 g/mol. The van der Waals surface area contributed by atoms with E-state index in [4.69, 9.17) is 11.6 Å². The molecule has 2 aromatic heterocycles. The van der Waals surface area contributed by atoms with E-state index in [1.165, 1.54) is 0 Å². The van der Waals surface area contributed by atoms with Crippen molar-refractivity contribution in [2.45, 2.75) is 6.54 Å². The molecule has 4 rings (SSSR count). The summed E-state index contributed by atoms with van der Waals surface area (Å²) in [6.45, 7) is 0.529. The van der Waals surface area contributed by atoms with Gasteiger partial charge in [0.2, 0.25) is 0 Å². The lowest BCUT2D eigenvalue weighted by Gasteiger charge is -2.01. The first-order valence-corrected chi connectivity index (χ1v) is 9.64. The summed E-state index contributed by atoms with van der Waals surface area (Å²) in [6.07, 6.45) is 5.21. The Hall–Kier alpha value is -2.90. The molecule has 0 saturated carbocycles. The van der Waals surface area contributed by atoms with E-state index in [1.54, 1.807) is 17.1 Å². The zero-order valence-corrected chi connectivity index (χ0v) is 16.9. The lowest BCUT2D eigenvalue weighted by atomic mass is 10.2. The number of carbonyl (C=O) groups excluding carboxylic acids is 1. The predicted octanol–water partition coefficient (Wildman–Crippen LogP) is 4.59. The molecule has 6 nitrogen and oxygen atoms in total. The van der Waals surface area contributed by atoms with Gasteiger partial charge in [0.15, 0.2) is 5.69 Å². The summed E-state index contributed by atoms with van der Waals surface area (Å²) in [6, 6.07) is 15.4. The summed E-state index contributed by atoms with van der Waals surface area (Å²) < 4.78 is 2.28. The maximum Gasteiger partial charge on any atom is 0.293 e. The SMILES string of the molecule is O=C(N/N=C\c1c[nH]c2ccccc12)c1nn(Cc2ccc(Cl)cc2)cc1Br. The first kappa shape index (κ1) is 18.5. The van der Waals surface area contributed by atoms with Crippen LogP contribution in [0.15, 0.2) is 70.5 Å². The minimum absolute atomic E-state index is 0.269. The predicted molar refractivity (Wildman–Crippen MR) is 114 cm³/mol. The Kier molecular flexibility index (Phi) is 5.27. The van der Waals surface area contributed by atoms with Crippen LogP contribution in [0.25, 0.3) is 10.9 Å². The van der Waals surface area contributed by atoms with Crippen LogP contribution in [-0.4, -0.2) is 26.9 Å². The summed E-state index contributed by atoms with van der Waals surface area (Å²) in [4.78, 5) is 15.6. The molecule has 4 aromatic rings. The molecule has 28 heavy (non-hydrogen) atoms. The van der Waals surface area contributed by atoms with Crippen LogP contribution in [0.5, 0.6) is 0 Å². The van der Waals surface area contributed by atoms with Crippen LogP contribution < -0.4 is 5.43 Å². The third-order valence-electron chi connectivity index (χ3n) is 4.18. The highest BCUT2D eigenvalue weighted by Gasteiger charge is 2.15. The van der Waals surface area contributed by atoms with Crippen LogP contribution in [-0.2, 0) is 6.54 Å². The third kappa shape index (κ3) is 4.00. The second kappa shape index (κ2) is 8.00. The van der Waals surface area contributed by atoms with E-state index in [-0.39, 0.29) is 5.69 Å². The van der Waals surface area contributed by atoms with Gasteiger partial charge >= 0.3 is 0 Å². The van der Waals surface area contributed by atoms with E-state index in [1.807, 2.05) is 54.7 Å². The van der Waals surface area contributed by atoms with Crippen molar-refractivity contribution in [2.75, 3.05) is 0 Å². The van der Waals surface area contributed by atoms with Gasteiger partial charge in [-0.05, 0) is 39.7 Å². The maximum absolute atomic E-state index is 12.4. The third-order valence-corrected chi connectivity index (χ3v) is 5.01. The largest absolute Gasteiger partial charge is 0.361 e. The molecule has 0 atom stereocenters. The zero-order valence-electron chi connectivity index (χ0n) is 14.6. The normalized spacial score (nSPS) is 11.4. The van der Waals surface area contributed by atoms with E-state index < -0.39 is 5.91 Å². The molecule has 0 spiro atoms. The summed E-state index contributed by atoms with van der Waals surface area (Å²) in [5, 5.41) is 10.1. The Morgan fingerprint density at radius 1 is 1.25 bits per heavy atom. The van der Waals surface area contributed by atoms with Crippen molar-refractivity contribution in [1.29, 1.82) is 0 Å². The van der Waals surface area contributed by atoms with Crippen LogP contribution >= 0.6 is 27.5 Å². The highest BCUT2D eigenvalue weighted by molar-refractivity contribution is 9.10. The van der Waals surface area contributed by atoms with Crippen LogP contribution in [0.1, 0.15) is 21.6 Å². The number of aromatic amines is 1. The van der Waals surface area contributed by atoms with E-state index in [2.05, 4.69) is 36.5 Å². The Balaban J connectivity index is 1.44. The average Bonchev–Trinajstić information content (AvgIpc) is 3.27. The fourth-order valence-corrected chi connectivity index (χ4v) is 3.44. The number of nitrogens with one attached hydrogen (secondary N) is 2. The molecular formula is C20H15BrClN5O. The van der Waals surface area contributed by atoms with Crippen LogP contribution in [0.2, 0.25) is 5.02 Å². The topological polar surface area (TPSA) is 75.1 Å². The number of para-hydroxylation sites is 1. The standard InChI is InChI=1S/C20H15BrClN5O/c21-17-12-27(11-13-5-7-15(22)8-6-13)26-19(17)20(28)25-24-10-14-9-23-18-4-2-1-3-16(14)18/h1-10,12,23H,11H2,(H,25,28)/b24-10-. The second-order valence-corrected chi connectivity index (χ2v) is 7.43. The van der Waals surface area contributed by atoms with Crippen molar-refractivity contribution >= 4 is 50.6 Å². The molecule has 0 fully saturated rings. The van der Waals surface area contributed by atoms with Crippen LogP contribution in [0.4, 0.5) is 0 Å². The number of aromatic nitrogens is 3. The van der Waals surface area contributed by atoms with Gasteiger partial charge in [0.25, 0.3) is 5.91 Å². The number of amides is 1. The van der Waals surface area contributed by atoms with Gasteiger partial charge in [-0.2, -0.15) is 10.2 Å². The minimum atomic E-state index is -0.391. The lowest BCUT2D eigenvalue weighted by molar-refractivity contribution is 0.0948. The number of hydrogen-bond acceptors (Lipinski definition) is 3. The van der Waals surface area contributed by atoms with Crippen LogP contribution in [0, 0.1) is 0 Å². The number of nitrogens with zero attached hydrogens (tertiary/aromatic N) is 3. The first-order chi connectivity index (χ1) is 13.6. The number of hydrogen-bond donors (Lipinski definition) is 2. The van der Waals surface area contributed by atoms with Gasteiger partial charge in [-0.3, -0.25) is 9.48 Å². The van der Waals surface area contributed by atoms with Gasteiger partial charge in [-0.1, -0.05) is 41.9 Å². The quantitative estimate of drug-likeness (QED) is 0.340. The Morgan fingerprint density at radius 2 is 2.04 bits per heavy atom. The highest BCUT2D eigenvalue weighted by atomic mass is 79.9. The molecule has 0 aliphatic heterocycles. The number of rotatable bonds is 5. The zero-order chi connectivity index (χ0) is 19.5. The minimum Gasteiger partial charge on any atom is -0.361 e. The monoisotopic (exact) mass is 455 g/mol. The molecule has 140 valence electrons. The molecule has 2 N–H and O–H groups in total. The van der Waals surface area contributed by atoms with Crippen molar-refractivity contribution < 1.29 is 4.79 Å². The van der Waals surface area contributed by atoms with E-state index in [0.29, 0.717) is 16.0 Å². The van der Waals surface area contributed by atoms with Crippen molar-refractivity contribution in [3.8, 4) is 0 Å². The number of fused-ring (bicyclic) bond motifs is 1. The first-order valence-electron chi connectivity index (χ1n) is 8.47. The molecule has 0 bridgehead atoms. The van der Waals surface area contributed by atoms with Crippen molar-refractivity contribution in [3.63, 3.8) is 0 Å². The maximum atomic E-state index is 12.4. The summed E-state index contributed by atoms with van der Waals surface area (Å²) in [5.74, 6) is -0.391. The summed E-state index contributed by atoms with van der Waals surface area (Å²) in [7, 11) is 0. The summed E-state index contributed by atoms with van der Waals surface area (Å²) >= 11 is 9.29. The van der Waals surface area contributed by atoms with Gasteiger partial charge in [0.1, 0.15) is 0 Å². The highest BCUT2D eigenvalue weighted by Crippen LogP contribution is 2.18. The number of halogens is 2. The Bertz CT molecular complexity index is 1160. The number of benzene rings is 2. The smallest absolute Gasteiger partial charge is 0.293 e. The Morgan fingerprint density at radius 3 is 2.86 bits per heavy atom. The Labute approximate surface area is 174 Å². The molecule has 0 aliphatic rings. The molecule has 0 unspecified atom stereocenters. The average molecular weight is 457 g/mol. The molecule has 8 heteroatoms. The molecule has 1 amide bonds. The number of carbonyl (C=O) groups is 1.